The van der Waals surface area contributed by atoms with E-state index in [0.717, 1.165) is 16.7 Å². The molecule has 8 nitrogen and oxygen atoms in total. The molecule has 0 atom stereocenters. The number of nitrogens with zero attached hydrogens (tertiary/aromatic N) is 1. The zero-order valence-electron chi connectivity index (χ0n) is 15.7. The van der Waals surface area contributed by atoms with Crippen molar-refractivity contribution in [1.29, 1.82) is 0 Å². The number of benzene rings is 2. The number of amides is 3. The molecule has 2 N–H and O–H groups in total. The lowest BCUT2D eigenvalue weighted by Crippen LogP contribution is -2.36. The number of nitrogens with one attached hydrogen (secondary N) is 1. The lowest BCUT2D eigenvalue weighted by Gasteiger charge is -2.12. The molecule has 0 bridgehead atoms. The van der Waals surface area contributed by atoms with Crippen molar-refractivity contribution in [3.05, 3.63) is 52.9 Å². The predicted octanol–water partition coefficient (Wildman–Crippen LogP) is 3.08. The van der Waals surface area contributed by atoms with Gasteiger partial charge in [0, 0.05) is 5.69 Å². The van der Waals surface area contributed by atoms with Gasteiger partial charge in [-0.3, -0.25) is 19.3 Å². The zero-order valence-corrected chi connectivity index (χ0v) is 16.5. The number of carbonyl (C=O) groups excluding carboxylic acids is 3. The highest BCUT2D eigenvalue weighted by molar-refractivity contribution is 8.18. The summed E-state index contributed by atoms with van der Waals surface area (Å²) in [6.07, 6.45) is 1.48. The van der Waals surface area contributed by atoms with Crippen LogP contribution in [0.2, 0.25) is 0 Å². The Hall–Kier alpha value is -3.46. The fourth-order valence-electron chi connectivity index (χ4n) is 2.60. The Bertz CT molecular complexity index is 987. The number of rotatable bonds is 6. The summed E-state index contributed by atoms with van der Waals surface area (Å²) in [5.74, 6) is -0.213. The van der Waals surface area contributed by atoms with E-state index in [-0.39, 0.29) is 10.7 Å². The Morgan fingerprint density at radius 2 is 1.86 bits per heavy atom. The van der Waals surface area contributed by atoms with E-state index in [9.17, 15) is 19.5 Å². The largest absolute Gasteiger partial charge is 0.504 e. The third-order valence-electron chi connectivity index (χ3n) is 4.05. The second-order valence-corrected chi connectivity index (χ2v) is 6.97. The van der Waals surface area contributed by atoms with Crippen LogP contribution in [-0.4, -0.2) is 47.8 Å². The van der Waals surface area contributed by atoms with Gasteiger partial charge in [0.05, 0.1) is 19.1 Å². The monoisotopic (exact) mass is 414 g/mol. The van der Waals surface area contributed by atoms with E-state index >= 15 is 0 Å². The number of thioether (sulfide) groups is 1. The molecule has 1 heterocycles. The summed E-state index contributed by atoms with van der Waals surface area (Å²) in [7, 11) is 2.96. The molecule has 29 heavy (non-hydrogen) atoms. The Labute approximate surface area is 171 Å². The van der Waals surface area contributed by atoms with Crippen LogP contribution in [0.5, 0.6) is 17.2 Å². The number of imide groups is 1. The molecule has 2 aromatic rings. The molecule has 1 aliphatic rings. The summed E-state index contributed by atoms with van der Waals surface area (Å²) < 4.78 is 10.0. The highest BCUT2D eigenvalue weighted by Gasteiger charge is 2.36. The third-order valence-corrected chi connectivity index (χ3v) is 4.96. The van der Waals surface area contributed by atoms with Gasteiger partial charge in [0.15, 0.2) is 11.5 Å². The maximum Gasteiger partial charge on any atom is 0.294 e. The molecule has 3 amide bonds. The first-order valence-corrected chi connectivity index (χ1v) is 9.29. The number of anilines is 1. The van der Waals surface area contributed by atoms with Crippen LogP contribution in [0.3, 0.4) is 0 Å². The summed E-state index contributed by atoms with van der Waals surface area (Å²) in [6.45, 7) is -0.401. The SMILES string of the molecule is COc1ccc(NC(=O)CN2C(=O)S/C(=C\c3ccc(OC)c(O)c3)C2=O)cc1. The van der Waals surface area contributed by atoms with Crippen LogP contribution in [0.4, 0.5) is 10.5 Å². The zero-order chi connectivity index (χ0) is 21.0. The van der Waals surface area contributed by atoms with Gasteiger partial charge in [-0.25, -0.2) is 0 Å². The average Bonchev–Trinajstić information content (AvgIpc) is 2.96. The normalized spacial score (nSPS) is 15.0. The third kappa shape index (κ3) is 4.69. The molecular formula is C20H18N2O6S. The first-order valence-electron chi connectivity index (χ1n) is 8.47. The Morgan fingerprint density at radius 3 is 2.48 bits per heavy atom. The van der Waals surface area contributed by atoms with Crippen LogP contribution >= 0.6 is 11.8 Å². The standard InChI is InChI=1S/C20H18N2O6S/c1-27-14-6-4-13(5-7-14)21-18(24)11-22-19(25)17(29-20(22)26)10-12-3-8-16(28-2)15(23)9-12/h3-10,23H,11H2,1-2H3,(H,21,24)/b17-10-. The van der Waals surface area contributed by atoms with E-state index in [4.69, 9.17) is 9.47 Å². The van der Waals surface area contributed by atoms with Crippen LogP contribution in [0.1, 0.15) is 5.56 Å². The fourth-order valence-corrected chi connectivity index (χ4v) is 3.44. The van der Waals surface area contributed by atoms with Gasteiger partial charge in [0.2, 0.25) is 5.91 Å². The van der Waals surface area contributed by atoms with E-state index in [2.05, 4.69) is 5.32 Å². The quantitative estimate of drug-likeness (QED) is 0.700. The second kappa shape index (κ2) is 8.70. The van der Waals surface area contributed by atoms with Crippen molar-refractivity contribution in [1.82, 2.24) is 4.90 Å². The van der Waals surface area contributed by atoms with Crippen LogP contribution in [0, 0.1) is 0 Å². The number of carbonyl (C=O) groups is 3. The number of aromatic hydroxyl groups is 1. The van der Waals surface area contributed by atoms with E-state index in [0.29, 0.717) is 22.7 Å². The minimum Gasteiger partial charge on any atom is -0.504 e. The summed E-state index contributed by atoms with van der Waals surface area (Å²) in [6, 6.07) is 11.3. The van der Waals surface area contributed by atoms with Crippen molar-refractivity contribution in [3.8, 4) is 17.2 Å². The Balaban J connectivity index is 1.68. The molecule has 1 aliphatic heterocycles. The maximum atomic E-state index is 12.5. The molecule has 2 aromatic carbocycles. The minimum atomic E-state index is -0.569. The number of ether oxygens (including phenoxy) is 2. The van der Waals surface area contributed by atoms with Gasteiger partial charge in [-0.15, -0.1) is 0 Å². The Kier molecular flexibility index (Phi) is 6.08. The van der Waals surface area contributed by atoms with Gasteiger partial charge in [-0.2, -0.15) is 0 Å². The number of hydrogen-bond donors (Lipinski definition) is 2. The van der Waals surface area contributed by atoms with Crippen molar-refractivity contribution in [2.24, 2.45) is 0 Å². The van der Waals surface area contributed by atoms with E-state index in [1.165, 1.54) is 26.4 Å². The molecule has 0 unspecified atom stereocenters. The summed E-state index contributed by atoms with van der Waals surface area (Å²) in [4.78, 5) is 38.0. The van der Waals surface area contributed by atoms with Crippen LogP contribution in [0.15, 0.2) is 47.4 Å². The maximum absolute atomic E-state index is 12.5. The molecule has 150 valence electrons. The molecule has 0 spiro atoms. The number of hydrogen-bond acceptors (Lipinski definition) is 7. The van der Waals surface area contributed by atoms with E-state index in [1.807, 2.05) is 0 Å². The highest BCUT2D eigenvalue weighted by atomic mass is 32.2. The van der Waals surface area contributed by atoms with E-state index in [1.54, 1.807) is 36.4 Å². The van der Waals surface area contributed by atoms with Crippen molar-refractivity contribution >= 4 is 40.6 Å². The van der Waals surface area contributed by atoms with Crippen molar-refractivity contribution in [2.45, 2.75) is 0 Å². The molecular weight excluding hydrogens is 396 g/mol. The molecule has 0 radical (unpaired) electrons. The summed E-state index contributed by atoms with van der Waals surface area (Å²) in [5.41, 5.74) is 1.04. The van der Waals surface area contributed by atoms with Crippen molar-refractivity contribution in [3.63, 3.8) is 0 Å². The molecule has 9 heteroatoms. The first kappa shape index (κ1) is 20.3. The molecule has 0 aromatic heterocycles. The lowest BCUT2D eigenvalue weighted by molar-refractivity contribution is -0.127. The van der Waals surface area contributed by atoms with Gasteiger partial charge in [0.1, 0.15) is 12.3 Å². The Morgan fingerprint density at radius 1 is 1.14 bits per heavy atom. The van der Waals surface area contributed by atoms with Crippen molar-refractivity contribution < 1.29 is 29.0 Å². The predicted molar refractivity (Wildman–Crippen MR) is 109 cm³/mol. The first-order chi connectivity index (χ1) is 13.9. The van der Waals surface area contributed by atoms with Crippen LogP contribution in [-0.2, 0) is 9.59 Å². The molecule has 1 fully saturated rings. The molecule has 3 rings (SSSR count). The molecule has 0 saturated carbocycles. The van der Waals surface area contributed by atoms with Crippen molar-refractivity contribution in [2.75, 3.05) is 26.1 Å². The van der Waals surface area contributed by atoms with Gasteiger partial charge in [-0.05, 0) is 59.8 Å². The van der Waals surface area contributed by atoms with Gasteiger partial charge in [-0.1, -0.05) is 6.07 Å². The average molecular weight is 414 g/mol. The summed E-state index contributed by atoms with van der Waals surface area (Å²) >= 11 is 0.735. The highest BCUT2D eigenvalue weighted by Crippen LogP contribution is 2.34. The molecule has 0 aliphatic carbocycles. The lowest BCUT2D eigenvalue weighted by atomic mass is 10.2. The second-order valence-electron chi connectivity index (χ2n) is 5.98. The number of phenolic OH excluding ortho intramolecular Hbond substituents is 1. The number of methoxy groups -OCH3 is 2. The van der Waals surface area contributed by atoms with Crippen LogP contribution in [0.25, 0.3) is 6.08 Å². The van der Waals surface area contributed by atoms with Crippen LogP contribution < -0.4 is 14.8 Å². The van der Waals surface area contributed by atoms with Gasteiger partial charge in [0.25, 0.3) is 11.1 Å². The number of phenols is 1. The van der Waals surface area contributed by atoms with Gasteiger partial charge >= 0.3 is 0 Å². The summed E-state index contributed by atoms with van der Waals surface area (Å²) in [5, 5.41) is 11.9. The minimum absolute atomic E-state index is 0.0839. The van der Waals surface area contributed by atoms with E-state index < -0.39 is 23.6 Å². The van der Waals surface area contributed by atoms with Gasteiger partial charge < -0.3 is 19.9 Å². The smallest absolute Gasteiger partial charge is 0.294 e. The topological polar surface area (TPSA) is 105 Å². The fraction of sp³-hybridized carbons (Fsp3) is 0.150. The molecule has 1 saturated heterocycles.